The van der Waals surface area contributed by atoms with E-state index in [1.165, 1.54) is 17.2 Å². The first-order valence-corrected chi connectivity index (χ1v) is 14.0. The van der Waals surface area contributed by atoms with Crippen LogP contribution in [0.25, 0.3) is 6.08 Å². The van der Waals surface area contributed by atoms with Gasteiger partial charge in [0.1, 0.15) is 12.4 Å². The van der Waals surface area contributed by atoms with Crippen molar-refractivity contribution < 1.29 is 14.7 Å². The third kappa shape index (κ3) is 9.44. The van der Waals surface area contributed by atoms with E-state index in [-0.39, 0.29) is 6.04 Å². The van der Waals surface area contributed by atoms with Crippen LogP contribution < -0.4 is 21.5 Å². The molecule has 0 aromatic heterocycles. The van der Waals surface area contributed by atoms with Gasteiger partial charge in [-0.05, 0) is 47.5 Å². The Morgan fingerprint density at radius 2 is 1.78 bits per heavy atom. The maximum Gasteiger partial charge on any atom is 0.241 e. The van der Waals surface area contributed by atoms with Crippen LogP contribution in [0.1, 0.15) is 34.7 Å². The molecule has 8 nitrogen and oxygen atoms in total. The fourth-order valence-corrected chi connectivity index (χ4v) is 4.96. The topological polar surface area (TPSA) is 103 Å². The average Bonchev–Trinajstić information content (AvgIpc) is 2.99. The summed E-state index contributed by atoms with van der Waals surface area (Å²) in [4.78, 5) is 16.3. The van der Waals surface area contributed by atoms with Gasteiger partial charge in [-0.25, -0.2) is 5.43 Å². The lowest BCUT2D eigenvalue weighted by Crippen LogP contribution is -2.48. The minimum absolute atomic E-state index is 0.177. The lowest BCUT2D eigenvalue weighted by atomic mass is 9.96. The maximum atomic E-state index is 11.3. The Balaban J connectivity index is 1.34. The van der Waals surface area contributed by atoms with E-state index in [0.29, 0.717) is 25.3 Å². The van der Waals surface area contributed by atoms with Gasteiger partial charge in [-0.2, -0.15) is 0 Å². The molecule has 0 spiro atoms. The number of rotatable bonds is 12. The normalized spacial score (nSPS) is 14.9. The second-order valence-corrected chi connectivity index (χ2v) is 10.1. The molecule has 1 fully saturated rings. The van der Waals surface area contributed by atoms with E-state index >= 15 is 0 Å². The van der Waals surface area contributed by atoms with Gasteiger partial charge in [0.15, 0.2) is 0 Å². The van der Waals surface area contributed by atoms with Crippen LogP contribution in [0.4, 0.5) is 0 Å². The standard InChI is InChI=1S/C32H36ClN5O3/c33-29-13-10-27(11-14-29)32(26-7-2-1-3-8-26)38-20-18-37(19-21-38)22-23-41-30-15-9-25(6-4-5-17-35-36-40)24-28(30)12-16-31(34)39/h1-3,7-16,24,32,35-36,40H,5,17-23H2,(H2,34,39)/t32-/m1/s1. The second kappa shape index (κ2) is 15.9. The summed E-state index contributed by atoms with van der Waals surface area (Å²) < 4.78 is 6.14. The van der Waals surface area contributed by atoms with Crippen LogP contribution in [-0.4, -0.2) is 66.8 Å². The van der Waals surface area contributed by atoms with Crippen LogP contribution in [0.5, 0.6) is 5.75 Å². The van der Waals surface area contributed by atoms with Crippen molar-refractivity contribution in [2.75, 3.05) is 45.9 Å². The number of hydrogen-bond acceptors (Lipinski definition) is 7. The SMILES string of the molecule is NC(=O)C=Cc1cc(C#CCCNNO)ccc1OCCN1CCN([C@H](c2ccccc2)c2ccc(Cl)cc2)CC1. The Morgan fingerprint density at radius 1 is 1.05 bits per heavy atom. The molecule has 4 rings (SSSR count). The van der Waals surface area contributed by atoms with E-state index in [9.17, 15) is 4.79 Å². The number of carbonyl (C=O) groups is 1. The van der Waals surface area contributed by atoms with Crippen molar-refractivity contribution in [3.63, 3.8) is 0 Å². The fourth-order valence-electron chi connectivity index (χ4n) is 4.83. The van der Waals surface area contributed by atoms with Gasteiger partial charge in [-0.15, -0.1) is 5.59 Å². The summed E-state index contributed by atoms with van der Waals surface area (Å²) in [5, 5.41) is 9.30. The number of ether oxygens (including phenoxy) is 1. The Hall–Kier alpha value is -3.68. The summed E-state index contributed by atoms with van der Waals surface area (Å²) >= 11 is 6.17. The molecular weight excluding hydrogens is 538 g/mol. The predicted octanol–water partition coefficient (Wildman–Crippen LogP) is 3.85. The molecule has 0 radical (unpaired) electrons. The maximum absolute atomic E-state index is 11.3. The van der Waals surface area contributed by atoms with Gasteiger partial charge in [0, 0.05) is 67.9 Å². The molecule has 3 aromatic rings. The molecular formula is C32H36ClN5O3. The van der Waals surface area contributed by atoms with Crippen molar-refractivity contribution in [3.8, 4) is 17.6 Å². The number of hydrogen-bond donors (Lipinski definition) is 4. The molecule has 9 heteroatoms. The summed E-state index contributed by atoms with van der Waals surface area (Å²) in [5.74, 6) is 6.26. The van der Waals surface area contributed by atoms with E-state index in [1.807, 2.05) is 42.0 Å². The first kappa shape index (κ1) is 30.3. The molecule has 41 heavy (non-hydrogen) atoms. The Kier molecular flexibility index (Phi) is 11.8. The smallest absolute Gasteiger partial charge is 0.241 e. The van der Waals surface area contributed by atoms with Crippen molar-refractivity contribution in [3.05, 3.63) is 106 Å². The molecule has 0 bridgehead atoms. The minimum atomic E-state index is -0.528. The van der Waals surface area contributed by atoms with Crippen LogP contribution in [0.3, 0.4) is 0 Å². The van der Waals surface area contributed by atoms with Gasteiger partial charge in [0.05, 0.1) is 6.04 Å². The van der Waals surface area contributed by atoms with Gasteiger partial charge >= 0.3 is 0 Å². The van der Waals surface area contributed by atoms with E-state index < -0.39 is 5.91 Å². The largest absolute Gasteiger partial charge is 0.492 e. The molecule has 1 atom stereocenters. The Morgan fingerprint density at radius 3 is 2.49 bits per heavy atom. The van der Waals surface area contributed by atoms with Crippen LogP contribution in [0, 0.1) is 11.8 Å². The van der Waals surface area contributed by atoms with E-state index in [0.717, 1.165) is 48.9 Å². The highest BCUT2D eigenvalue weighted by atomic mass is 35.5. The fraction of sp³-hybridized carbons (Fsp3) is 0.281. The number of primary amides is 1. The number of nitrogens with zero attached hydrogens (tertiary/aromatic N) is 2. The molecule has 1 heterocycles. The molecule has 5 N–H and O–H groups in total. The van der Waals surface area contributed by atoms with Crippen LogP contribution in [-0.2, 0) is 4.79 Å². The number of halogens is 1. The van der Waals surface area contributed by atoms with Gasteiger partial charge in [0.25, 0.3) is 0 Å². The van der Waals surface area contributed by atoms with Crippen molar-refractivity contribution in [2.24, 2.45) is 5.73 Å². The first-order valence-electron chi connectivity index (χ1n) is 13.7. The van der Waals surface area contributed by atoms with E-state index in [1.54, 1.807) is 6.08 Å². The zero-order valence-electron chi connectivity index (χ0n) is 22.9. The first-order chi connectivity index (χ1) is 20.0. The third-order valence-electron chi connectivity index (χ3n) is 6.86. The Bertz CT molecular complexity index is 1350. The van der Waals surface area contributed by atoms with Crippen molar-refractivity contribution in [1.29, 1.82) is 0 Å². The number of amides is 1. The van der Waals surface area contributed by atoms with Crippen molar-refractivity contribution in [1.82, 2.24) is 20.8 Å². The van der Waals surface area contributed by atoms with E-state index in [2.05, 4.69) is 63.5 Å². The lowest BCUT2D eigenvalue weighted by Gasteiger charge is -2.39. The summed E-state index contributed by atoms with van der Waals surface area (Å²) in [6.45, 7) is 5.55. The highest BCUT2D eigenvalue weighted by Crippen LogP contribution is 2.30. The Labute approximate surface area is 246 Å². The summed E-state index contributed by atoms with van der Waals surface area (Å²) in [5.41, 5.74) is 13.8. The molecule has 0 unspecified atom stereocenters. The van der Waals surface area contributed by atoms with Gasteiger partial charge in [-0.1, -0.05) is 65.9 Å². The van der Waals surface area contributed by atoms with E-state index in [4.69, 9.17) is 27.3 Å². The molecule has 214 valence electrons. The van der Waals surface area contributed by atoms with Crippen molar-refractivity contribution in [2.45, 2.75) is 12.5 Å². The average molecular weight is 574 g/mol. The molecule has 0 aliphatic carbocycles. The minimum Gasteiger partial charge on any atom is -0.492 e. The number of nitrogens with one attached hydrogen (secondary N) is 2. The number of carbonyl (C=O) groups excluding carboxylic acids is 1. The second-order valence-electron chi connectivity index (χ2n) is 9.67. The lowest BCUT2D eigenvalue weighted by molar-refractivity contribution is -0.113. The number of nitrogens with two attached hydrogens (primary N) is 1. The number of benzene rings is 3. The number of piperazine rings is 1. The molecule has 1 aliphatic rings. The zero-order valence-corrected chi connectivity index (χ0v) is 23.7. The molecule has 3 aromatic carbocycles. The summed E-state index contributed by atoms with van der Waals surface area (Å²) in [6, 6.07) is 24.6. The highest BCUT2D eigenvalue weighted by molar-refractivity contribution is 6.30. The van der Waals surface area contributed by atoms with Gasteiger partial charge < -0.3 is 15.7 Å². The molecule has 1 aliphatic heterocycles. The molecule has 0 saturated carbocycles. The summed E-state index contributed by atoms with van der Waals surface area (Å²) in [7, 11) is 0. The predicted molar refractivity (Wildman–Crippen MR) is 162 cm³/mol. The van der Waals surface area contributed by atoms with Crippen LogP contribution in [0.2, 0.25) is 5.02 Å². The van der Waals surface area contributed by atoms with Gasteiger partial charge in [-0.3, -0.25) is 14.6 Å². The third-order valence-corrected chi connectivity index (χ3v) is 7.11. The van der Waals surface area contributed by atoms with Crippen LogP contribution in [0.15, 0.2) is 78.9 Å². The van der Waals surface area contributed by atoms with Gasteiger partial charge in [0.2, 0.25) is 5.91 Å². The molecule has 1 saturated heterocycles. The number of hydrazine groups is 1. The van der Waals surface area contributed by atoms with Crippen LogP contribution >= 0.6 is 11.6 Å². The quantitative estimate of drug-likeness (QED) is 0.113. The van der Waals surface area contributed by atoms with Crippen molar-refractivity contribution >= 4 is 23.6 Å². The summed E-state index contributed by atoms with van der Waals surface area (Å²) in [6.07, 6.45) is 3.52. The molecule has 1 amide bonds. The zero-order chi connectivity index (χ0) is 28.9. The highest BCUT2D eigenvalue weighted by Gasteiger charge is 2.26. The monoisotopic (exact) mass is 573 g/mol.